The predicted molar refractivity (Wildman–Crippen MR) is 73.8 cm³/mol. The van der Waals surface area contributed by atoms with E-state index in [0.29, 0.717) is 6.42 Å². The van der Waals surface area contributed by atoms with E-state index >= 15 is 0 Å². The molecule has 0 aliphatic heterocycles. The summed E-state index contributed by atoms with van der Waals surface area (Å²) in [5.41, 5.74) is -1.46. The number of Topliss-reactive ketones (excluding diaryl/α,β-unsaturated/α-hetero) is 2. The molecular formula is C15H22O5. The van der Waals surface area contributed by atoms with Crippen LogP contribution in [0.1, 0.15) is 34.1 Å². The zero-order chi connectivity index (χ0) is 15.7. The van der Waals surface area contributed by atoms with Gasteiger partial charge in [-0.1, -0.05) is 13.8 Å². The zero-order valence-corrected chi connectivity index (χ0v) is 12.9. The molecule has 0 bridgehead atoms. The second-order valence-electron chi connectivity index (χ2n) is 5.14. The smallest absolute Gasteiger partial charge is 0.201 e. The van der Waals surface area contributed by atoms with Gasteiger partial charge in [-0.3, -0.25) is 9.59 Å². The Kier molecular flexibility index (Phi) is 4.76. The maximum Gasteiger partial charge on any atom is 0.201 e. The van der Waals surface area contributed by atoms with Gasteiger partial charge < -0.3 is 14.6 Å². The Morgan fingerprint density at radius 1 is 1.35 bits per heavy atom. The van der Waals surface area contributed by atoms with Crippen molar-refractivity contribution < 1.29 is 24.2 Å². The van der Waals surface area contributed by atoms with Gasteiger partial charge >= 0.3 is 0 Å². The van der Waals surface area contributed by atoms with Gasteiger partial charge in [0.2, 0.25) is 5.78 Å². The number of hydrogen-bond donors (Lipinski definition) is 1. The van der Waals surface area contributed by atoms with Crippen molar-refractivity contribution in [2.45, 2.75) is 39.7 Å². The summed E-state index contributed by atoms with van der Waals surface area (Å²) in [6.45, 7) is 6.54. The molecule has 0 amide bonds. The zero-order valence-electron chi connectivity index (χ0n) is 12.9. The summed E-state index contributed by atoms with van der Waals surface area (Å²) >= 11 is 0. The fourth-order valence-corrected chi connectivity index (χ4v) is 2.32. The predicted octanol–water partition coefficient (Wildman–Crippen LogP) is 1.76. The number of methoxy groups -OCH3 is 2. The maximum absolute atomic E-state index is 12.5. The van der Waals surface area contributed by atoms with Crippen LogP contribution in [-0.2, 0) is 19.1 Å². The molecule has 5 heteroatoms. The standard InChI is InChI=1S/C15H22O5/c1-7-8(2)11(16)10-12(19-5)9(3)13(17)15(4,18)14(10)20-6/h8,18H,7H2,1-6H3/t8-,15+/m1/s1. The summed E-state index contributed by atoms with van der Waals surface area (Å²) in [7, 11) is 2.72. The number of ketones is 2. The van der Waals surface area contributed by atoms with E-state index in [9.17, 15) is 14.7 Å². The molecule has 0 aromatic heterocycles. The van der Waals surface area contributed by atoms with E-state index in [2.05, 4.69) is 0 Å². The van der Waals surface area contributed by atoms with Crippen LogP contribution in [0.2, 0.25) is 0 Å². The fourth-order valence-electron chi connectivity index (χ4n) is 2.32. The minimum Gasteiger partial charge on any atom is -0.497 e. The quantitative estimate of drug-likeness (QED) is 0.831. The Hall–Kier alpha value is -1.62. The number of carbonyl (C=O) groups is 2. The minimum absolute atomic E-state index is 0.0461. The third-order valence-electron chi connectivity index (χ3n) is 3.73. The third kappa shape index (κ3) is 2.38. The number of carbonyl (C=O) groups excluding carboxylic acids is 2. The molecule has 0 radical (unpaired) electrons. The fraction of sp³-hybridized carbons (Fsp3) is 0.600. The van der Waals surface area contributed by atoms with Gasteiger partial charge in [0.05, 0.1) is 14.2 Å². The number of allylic oxidation sites excluding steroid dienone is 1. The number of aliphatic hydroxyl groups is 1. The summed E-state index contributed by atoms with van der Waals surface area (Å²) in [6.07, 6.45) is 0.644. The van der Waals surface area contributed by atoms with Gasteiger partial charge in [0.15, 0.2) is 11.4 Å². The molecular weight excluding hydrogens is 260 g/mol. The van der Waals surface area contributed by atoms with Crippen molar-refractivity contribution in [3.8, 4) is 0 Å². The molecule has 0 heterocycles. The highest BCUT2D eigenvalue weighted by molar-refractivity contribution is 6.12. The molecule has 0 aromatic carbocycles. The van der Waals surface area contributed by atoms with Gasteiger partial charge in [0.25, 0.3) is 0 Å². The van der Waals surface area contributed by atoms with Gasteiger partial charge in [0, 0.05) is 11.5 Å². The molecule has 2 atom stereocenters. The van der Waals surface area contributed by atoms with Crippen molar-refractivity contribution in [3.05, 3.63) is 22.7 Å². The lowest BCUT2D eigenvalue weighted by atomic mass is 9.80. The number of hydrogen-bond acceptors (Lipinski definition) is 5. The maximum atomic E-state index is 12.5. The molecule has 0 unspecified atom stereocenters. The van der Waals surface area contributed by atoms with E-state index in [1.54, 1.807) is 6.92 Å². The van der Waals surface area contributed by atoms with E-state index in [4.69, 9.17) is 9.47 Å². The van der Waals surface area contributed by atoms with E-state index in [1.807, 2.05) is 6.92 Å². The molecule has 1 aliphatic carbocycles. The second kappa shape index (κ2) is 5.79. The monoisotopic (exact) mass is 282 g/mol. The first-order valence-electron chi connectivity index (χ1n) is 6.59. The minimum atomic E-state index is -1.85. The van der Waals surface area contributed by atoms with Gasteiger partial charge in [-0.05, 0) is 20.3 Å². The van der Waals surface area contributed by atoms with Crippen molar-refractivity contribution in [3.63, 3.8) is 0 Å². The molecule has 112 valence electrons. The average molecular weight is 282 g/mol. The summed E-state index contributed by atoms with van der Waals surface area (Å²) in [5, 5.41) is 10.4. The van der Waals surface area contributed by atoms with E-state index in [-0.39, 0.29) is 34.4 Å². The Labute approximate surface area is 119 Å². The van der Waals surface area contributed by atoms with E-state index in [0.717, 1.165) is 0 Å². The van der Waals surface area contributed by atoms with Crippen LogP contribution in [0.15, 0.2) is 22.7 Å². The SMILES string of the molecule is CC[C@@H](C)C(=O)C1=C(OC)[C@@](C)(O)C(=O)C(C)=C1OC. The Morgan fingerprint density at radius 2 is 1.90 bits per heavy atom. The normalized spacial score (nSPS) is 24.9. The van der Waals surface area contributed by atoms with Gasteiger partial charge in [-0.25, -0.2) is 0 Å². The van der Waals surface area contributed by atoms with Crippen LogP contribution in [0.3, 0.4) is 0 Å². The molecule has 1 aliphatic rings. The van der Waals surface area contributed by atoms with Crippen molar-refractivity contribution in [2.75, 3.05) is 14.2 Å². The van der Waals surface area contributed by atoms with Crippen molar-refractivity contribution in [2.24, 2.45) is 5.92 Å². The lowest BCUT2D eigenvalue weighted by Crippen LogP contribution is -2.44. The first-order valence-corrected chi connectivity index (χ1v) is 6.59. The Bertz CT molecular complexity index is 496. The third-order valence-corrected chi connectivity index (χ3v) is 3.73. The Balaban J connectivity index is 3.60. The van der Waals surface area contributed by atoms with Gasteiger partial charge in [-0.15, -0.1) is 0 Å². The van der Waals surface area contributed by atoms with E-state index in [1.165, 1.54) is 28.1 Å². The highest BCUT2D eigenvalue weighted by atomic mass is 16.5. The summed E-state index contributed by atoms with van der Waals surface area (Å²) in [5.74, 6) is -0.837. The summed E-state index contributed by atoms with van der Waals surface area (Å²) in [4.78, 5) is 24.7. The molecule has 0 aromatic rings. The first-order chi connectivity index (χ1) is 9.23. The van der Waals surface area contributed by atoms with Crippen molar-refractivity contribution >= 4 is 11.6 Å². The molecule has 1 N–H and O–H groups in total. The number of rotatable bonds is 5. The lowest BCUT2D eigenvalue weighted by molar-refractivity contribution is -0.132. The van der Waals surface area contributed by atoms with Crippen molar-refractivity contribution in [1.29, 1.82) is 0 Å². The topological polar surface area (TPSA) is 72.8 Å². The van der Waals surface area contributed by atoms with Crippen molar-refractivity contribution in [1.82, 2.24) is 0 Å². The highest BCUT2D eigenvalue weighted by Crippen LogP contribution is 2.37. The summed E-state index contributed by atoms with van der Waals surface area (Å²) in [6, 6.07) is 0. The van der Waals surface area contributed by atoms with Crippen LogP contribution in [-0.4, -0.2) is 36.5 Å². The van der Waals surface area contributed by atoms with Crippen LogP contribution in [0, 0.1) is 5.92 Å². The largest absolute Gasteiger partial charge is 0.497 e. The van der Waals surface area contributed by atoms with Crippen LogP contribution >= 0.6 is 0 Å². The van der Waals surface area contributed by atoms with Crippen LogP contribution in [0.25, 0.3) is 0 Å². The molecule has 1 rings (SSSR count). The first kappa shape index (κ1) is 16.4. The molecule has 5 nitrogen and oxygen atoms in total. The van der Waals surface area contributed by atoms with Crippen LogP contribution < -0.4 is 0 Å². The summed E-state index contributed by atoms with van der Waals surface area (Å²) < 4.78 is 10.4. The lowest BCUT2D eigenvalue weighted by Gasteiger charge is -2.32. The van der Waals surface area contributed by atoms with Gasteiger partial charge in [-0.2, -0.15) is 0 Å². The second-order valence-corrected chi connectivity index (χ2v) is 5.14. The van der Waals surface area contributed by atoms with Crippen LogP contribution in [0.4, 0.5) is 0 Å². The molecule has 0 saturated carbocycles. The molecule has 0 fully saturated rings. The number of ether oxygens (including phenoxy) is 2. The molecule has 20 heavy (non-hydrogen) atoms. The van der Waals surface area contributed by atoms with E-state index < -0.39 is 11.4 Å². The van der Waals surface area contributed by atoms with Crippen LogP contribution in [0.5, 0.6) is 0 Å². The highest BCUT2D eigenvalue weighted by Gasteiger charge is 2.47. The average Bonchev–Trinajstić information content (AvgIpc) is 2.42. The van der Waals surface area contributed by atoms with Gasteiger partial charge in [0.1, 0.15) is 17.1 Å². The Morgan fingerprint density at radius 3 is 2.30 bits per heavy atom. The molecule has 0 spiro atoms. The molecule has 0 saturated heterocycles.